The monoisotopic (exact) mass is 472 g/mol. The molecule has 134 valence electrons. The van der Waals surface area contributed by atoms with Gasteiger partial charge in [-0.2, -0.15) is 0 Å². The van der Waals surface area contributed by atoms with Crippen molar-refractivity contribution in [2.75, 3.05) is 39.6 Å². The van der Waals surface area contributed by atoms with Crippen molar-refractivity contribution in [3.05, 3.63) is 45.3 Å². The van der Waals surface area contributed by atoms with E-state index in [2.05, 4.69) is 31.9 Å². The Morgan fingerprint density at radius 3 is 1.40 bits per heavy atom. The minimum atomic E-state index is 0.393. The Hall–Kier alpha value is -1.44. The maximum atomic E-state index is 5.80. The van der Waals surface area contributed by atoms with Crippen molar-refractivity contribution < 1.29 is 23.7 Å². The SMILES string of the molecule is Brc1ccc2c(c1)OCCOCCOc1cc(Br)ccc1OCCO2. The predicted molar refractivity (Wildman–Crippen MR) is 101 cm³/mol. The maximum Gasteiger partial charge on any atom is 0.162 e. The molecule has 7 heteroatoms. The van der Waals surface area contributed by atoms with Gasteiger partial charge in [0.25, 0.3) is 0 Å². The van der Waals surface area contributed by atoms with Crippen LogP contribution in [0, 0.1) is 0 Å². The summed E-state index contributed by atoms with van der Waals surface area (Å²) >= 11 is 6.89. The Morgan fingerprint density at radius 2 is 0.920 bits per heavy atom. The van der Waals surface area contributed by atoms with Gasteiger partial charge in [0.2, 0.25) is 0 Å². The summed E-state index contributed by atoms with van der Waals surface area (Å²) in [6.45, 7) is 2.60. The molecular formula is C18H18Br2O5. The number of fused-ring (bicyclic) bond motifs is 2. The molecule has 0 N–H and O–H groups in total. The van der Waals surface area contributed by atoms with E-state index in [0.717, 1.165) is 8.95 Å². The smallest absolute Gasteiger partial charge is 0.162 e. The van der Waals surface area contributed by atoms with Gasteiger partial charge in [-0.15, -0.1) is 0 Å². The summed E-state index contributed by atoms with van der Waals surface area (Å²) in [6.07, 6.45) is 0. The van der Waals surface area contributed by atoms with Crippen LogP contribution in [0.3, 0.4) is 0 Å². The number of halogens is 2. The van der Waals surface area contributed by atoms with Crippen LogP contribution < -0.4 is 18.9 Å². The quantitative estimate of drug-likeness (QED) is 0.565. The lowest BCUT2D eigenvalue weighted by Gasteiger charge is -2.14. The van der Waals surface area contributed by atoms with Crippen molar-refractivity contribution >= 4 is 31.9 Å². The Morgan fingerprint density at radius 1 is 0.520 bits per heavy atom. The fourth-order valence-electron chi connectivity index (χ4n) is 2.25. The van der Waals surface area contributed by atoms with E-state index in [4.69, 9.17) is 23.7 Å². The average molecular weight is 474 g/mol. The predicted octanol–water partition coefficient (Wildman–Crippen LogP) is 4.46. The van der Waals surface area contributed by atoms with E-state index in [1.165, 1.54) is 0 Å². The molecular weight excluding hydrogens is 456 g/mol. The van der Waals surface area contributed by atoms with Crippen LogP contribution in [0.25, 0.3) is 0 Å². The Balaban J connectivity index is 1.72. The second-order valence-electron chi connectivity index (χ2n) is 5.19. The van der Waals surface area contributed by atoms with Gasteiger partial charge in [-0.05, 0) is 36.4 Å². The number of ether oxygens (including phenoxy) is 5. The van der Waals surface area contributed by atoms with Crippen LogP contribution in [0.1, 0.15) is 0 Å². The van der Waals surface area contributed by atoms with E-state index in [1.807, 2.05) is 36.4 Å². The zero-order chi connectivity index (χ0) is 17.5. The van der Waals surface area contributed by atoms with Crippen molar-refractivity contribution in [2.45, 2.75) is 0 Å². The lowest BCUT2D eigenvalue weighted by atomic mass is 10.3. The molecule has 3 rings (SSSR count). The lowest BCUT2D eigenvalue weighted by molar-refractivity contribution is 0.0754. The largest absolute Gasteiger partial charge is 0.487 e. The van der Waals surface area contributed by atoms with Gasteiger partial charge in [0.05, 0.1) is 13.2 Å². The van der Waals surface area contributed by atoms with Crippen molar-refractivity contribution in [1.29, 1.82) is 0 Å². The highest BCUT2D eigenvalue weighted by Crippen LogP contribution is 2.32. The van der Waals surface area contributed by atoms with Crippen molar-refractivity contribution in [3.8, 4) is 23.0 Å². The molecule has 0 aliphatic carbocycles. The third-order valence-corrected chi connectivity index (χ3v) is 4.37. The topological polar surface area (TPSA) is 46.2 Å². The van der Waals surface area contributed by atoms with Crippen LogP contribution in [0.4, 0.5) is 0 Å². The summed E-state index contributed by atoms with van der Waals surface area (Å²) in [5.74, 6) is 2.70. The zero-order valence-electron chi connectivity index (χ0n) is 13.5. The van der Waals surface area contributed by atoms with Crippen molar-refractivity contribution in [2.24, 2.45) is 0 Å². The third kappa shape index (κ3) is 5.52. The van der Waals surface area contributed by atoms with Gasteiger partial charge in [-0.25, -0.2) is 0 Å². The molecule has 2 aromatic carbocycles. The fourth-order valence-corrected chi connectivity index (χ4v) is 2.93. The molecule has 0 saturated heterocycles. The number of rotatable bonds is 0. The summed E-state index contributed by atoms with van der Waals surface area (Å²) in [7, 11) is 0. The molecule has 2 aromatic rings. The summed E-state index contributed by atoms with van der Waals surface area (Å²) in [4.78, 5) is 0. The molecule has 0 spiro atoms. The Bertz CT molecular complexity index is 648. The first-order valence-corrected chi connectivity index (χ1v) is 9.49. The van der Waals surface area contributed by atoms with E-state index >= 15 is 0 Å². The number of benzene rings is 2. The van der Waals surface area contributed by atoms with Crippen LogP contribution in [-0.4, -0.2) is 39.6 Å². The molecule has 5 nitrogen and oxygen atoms in total. The fraction of sp³-hybridized carbons (Fsp3) is 0.333. The zero-order valence-corrected chi connectivity index (χ0v) is 16.7. The Kier molecular flexibility index (Phi) is 6.84. The first-order valence-electron chi connectivity index (χ1n) is 7.90. The average Bonchev–Trinajstić information content (AvgIpc) is 2.60. The third-order valence-electron chi connectivity index (χ3n) is 3.38. The van der Waals surface area contributed by atoms with Gasteiger partial charge in [-0.3, -0.25) is 0 Å². The van der Waals surface area contributed by atoms with E-state index in [-0.39, 0.29) is 0 Å². The van der Waals surface area contributed by atoms with Crippen molar-refractivity contribution in [1.82, 2.24) is 0 Å². The molecule has 0 bridgehead atoms. The van der Waals surface area contributed by atoms with E-state index in [0.29, 0.717) is 62.6 Å². The van der Waals surface area contributed by atoms with E-state index in [1.54, 1.807) is 0 Å². The van der Waals surface area contributed by atoms with Gasteiger partial charge >= 0.3 is 0 Å². The van der Waals surface area contributed by atoms with Gasteiger partial charge in [0.1, 0.15) is 26.4 Å². The molecule has 1 aliphatic heterocycles. The highest BCUT2D eigenvalue weighted by molar-refractivity contribution is 9.10. The maximum absolute atomic E-state index is 5.80. The minimum Gasteiger partial charge on any atom is -0.487 e. The number of hydrogen-bond acceptors (Lipinski definition) is 5. The summed E-state index contributed by atoms with van der Waals surface area (Å²) in [5, 5.41) is 0. The first-order chi connectivity index (χ1) is 12.2. The molecule has 0 radical (unpaired) electrons. The highest BCUT2D eigenvalue weighted by atomic mass is 79.9. The molecule has 0 amide bonds. The summed E-state index contributed by atoms with van der Waals surface area (Å²) in [6, 6.07) is 11.3. The molecule has 0 atom stereocenters. The molecule has 1 aliphatic rings. The molecule has 25 heavy (non-hydrogen) atoms. The van der Waals surface area contributed by atoms with E-state index < -0.39 is 0 Å². The highest BCUT2D eigenvalue weighted by Gasteiger charge is 2.10. The summed E-state index contributed by atoms with van der Waals surface area (Å²) < 4.78 is 30.5. The van der Waals surface area contributed by atoms with Gasteiger partial charge in [0.15, 0.2) is 23.0 Å². The molecule has 0 saturated carbocycles. The van der Waals surface area contributed by atoms with Crippen LogP contribution in [0.2, 0.25) is 0 Å². The molecule has 0 aromatic heterocycles. The molecule has 0 unspecified atom stereocenters. The van der Waals surface area contributed by atoms with Gasteiger partial charge in [-0.1, -0.05) is 31.9 Å². The molecule has 1 heterocycles. The van der Waals surface area contributed by atoms with Crippen LogP contribution in [0.5, 0.6) is 23.0 Å². The lowest BCUT2D eigenvalue weighted by Crippen LogP contribution is -2.12. The standard InChI is InChI=1S/C18H18Br2O5/c19-13-1-3-15-17(11-13)24-7-5-21-6-8-25-18-12-14(20)2-4-16(18)23-10-9-22-15/h1-4,11-12H,5-10H2. The Labute approximate surface area is 163 Å². The first kappa shape index (κ1) is 18.4. The van der Waals surface area contributed by atoms with E-state index in [9.17, 15) is 0 Å². The second kappa shape index (κ2) is 9.31. The second-order valence-corrected chi connectivity index (χ2v) is 7.02. The van der Waals surface area contributed by atoms with Gasteiger partial charge < -0.3 is 23.7 Å². The van der Waals surface area contributed by atoms with Crippen LogP contribution in [0.15, 0.2) is 45.3 Å². The summed E-state index contributed by atoms with van der Waals surface area (Å²) in [5.41, 5.74) is 0. The van der Waals surface area contributed by atoms with Crippen LogP contribution in [-0.2, 0) is 4.74 Å². The number of hydrogen-bond donors (Lipinski definition) is 0. The van der Waals surface area contributed by atoms with Crippen molar-refractivity contribution in [3.63, 3.8) is 0 Å². The van der Waals surface area contributed by atoms with Crippen LogP contribution >= 0.6 is 31.9 Å². The van der Waals surface area contributed by atoms with Gasteiger partial charge in [0, 0.05) is 8.95 Å². The normalized spacial score (nSPS) is 15.8. The minimum absolute atomic E-state index is 0.393. The molecule has 0 fully saturated rings.